The molecule has 4 heterocycles. The molecule has 0 radical (unpaired) electrons. The first kappa shape index (κ1) is 25.3. The van der Waals surface area contributed by atoms with Crippen LogP contribution in [0.5, 0.6) is 11.8 Å². The number of halogens is 2. The average Bonchev–Trinajstić information content (AvgIpc) is 3.39. The molecular weight excluding hydrogens is 511 g/mol. The van der Waals surface area contributed by atoms with Gasteiger partial charge < -0.3 is 25.7 Å². The number of primary amides is 1. The van der Waals surface area contributed by atoms with E-state index in [4.69, 9.17) is 22.1 Å². The van der Waals surface area contributed by atoms with Crippen LogP contribution in [0, 0.1) is 12.7 Å². The lowest BCUT2D eigenvalue weighted by Crippen LogP contribution is -2.48. The summed E-state index contributed by atoms with van der Waals surface area (Å²) in [6, 6.07) is 9.80. The largest absolute Gasteiger partial charge is 0.424 e. The maximum atomic E-state index is 14.8. The molecule has 5 aromatic rings. The highest BCUT2D eigenvalue weighted by Gasteiger charge is 2.15. The number of amides is 2. The number of hydrogen-bond donors (Lipinski definition) is 3. The van der Waals surface area contributed by atoms with E-state index in [9.17, 15) is 9.18 Å². The second-order valence-electron chi connectivity index (χ2n) is 8.57. The van der Waals surface area contributed by atoms with Crippen molar-refractivity contribution in [3.8, 4) is 22.9 Å². The van der Waals surface area contributed by atoms with Crippen LogP contribution in [0.25, 0.3) is 33.1 Å². The summed E-state index contributed by atoms with van der Waals surface area (Å²) in [6.07, 6.45) is 4.83. The zero-order chi connectivity index (χ0) is 26.6. The molecule has 1 saturated heterocycles. The summed E-state index contributed by atoms with van der Waals surface area (Å²) in [6.45, 7) is 5.06. The monoisotopic (exact) mass is 534 g/mol. The maximum absolute atomic E-state index is 14.8. The third-order valence-electron chi connectivity index (χ3n) is 5.98. The summed E-state index contributed by atoms with van der Waals surface area (Å²) in [5.41, 5.74) is 8.74. The Morgan fingerprint density at radius 1 is 1.11 bits per heavy atom. The van der Waals surface area contributed by atoms with Crippen molar-refractivity contribution in [3.05, 3.63) is 71.7 Å². The van der Waals surface area contributed by atoms with Crippen LogP contribution in [-0.4, -0.2) is 62.0 Å². The van der Waals surface area contributed by atoms with Gasteiger partial charge in [-0.2, -0.15) is 0 Å². The number of pyridine rings is 1. The van der Waals surface area contributed by atoms with Gasteiger partial charge in [0.1, 0.15) is 11.6 Å². The number of hydrogen-bond acceptors (Lipinski definition) is 7. The first-order valence-corrected chi connectivity index (χ1v) is 12.2. The number of aromatic amines is 1. The molecule has 1 aliphatic rings. The standard InChI is InChI=1S/C21H13ClFN5O.C5H11N3O/c1-11-4-5-24-21(28-11)29-12-2-3-13(16(22)6-12)14-7-15-18(8-17(14)23)25-9-19-20(15)27-10-26-19;6-5(9)8-3-1-7-2-4-8/h2-10H,1H3,(H,26,27);7H,1-4H2,(H2,6,9). The molecule has 0 saturated carbocycles. The van der Waals surface area contributed by atoms with Gasteiger partial charge in [0.25, 0.3) is 0 Å². The number of imidazole rings is 1. The number of piperazine rings is 1. The topological polar surface area (TPSA) is 135 Å². The van der Waals surface area contributed by atoms with E-state index in [0.29, 0.717) is 27.4 Å². The minimum absolute atomic E-state index is 0.220. The third kappa shape index (κ3) is 5.48. The Morgan fingerprint density at radius 3 is 2.63 bits per heavy atom. The number of carbonyl (C=O) groups excluding carboxylic acids is 1. The molecule has 0 spiro atoms. The molecule has 0 aliphatic carbocycles. The summed E-state index contributed by atoms with van der Waals surface area (Å²) in [5.74, 6) is 0.0411. The molecule has 12 heteroatoms. The highest BCUT2D eigenvalue weighted by atomic mass is 35.5. The zero-order valence-electron chi connectivity index (χ0n) is 20.4. The molecule has 1 aliphatic heterocycles. The van der Waals surface area contributed by atoms with Crippen molar-refractivity contribution < 1.29 is 13.9 Å². The predicted octanol–water partition coefficient (Wildman–Crippen LogP) is 4.43. The number of ether oxygens (including phenoxy) is 1. The van der Waals surface area contributed by atoms with Crippen LogP contribution >= 0.6 is 11.6 Å². The summed E-state index contributed by atoms with van der Waals surface area (Å²) in [7, 11) is 0. The minimum atomic E-state index is -0.419. The van der Waals surface area contributed by atoms with Crippen LogP contribution in [0.3, 0.4) is 0 Å². The first-order chi connectivity index (χ1) is 18.4. The van der Waals surface area contributed by atoms with Gasteiger partial charge in [-0.3, -0.25) is 4.98 Å². The van der Waals surface area contributed by atoms with E-state index in [1.54, 1.807) is 54.0 Å². The van der Waals surface area contributed by atoms with Gasteiger partial charge in [0, 0.05) is 66.7 Å². The fourth-order valence-electron chi connectivity index (χ4n) is 4.06. The van der Waals surface area contributed by atoms with Gasteiger partial charge >= 0.3 is 12.0 Å². The van der Waals surface area contributed by atoms with E-state index in [-0.39, 0.29) is 12.0 Å². The second-order valence-corrected chi connectivity index (χ2v) is 8.98. The lowest BCUT2D eigenvalue weighted by Gasteiger charge is -2.25. The number of rotatable bonds is 3. The van der Waals surface area contributed by atoms with Crippen LogP contribution in [0.15, 0.2) is 55.1 Å². The van der Waals surface area contributed by atoms with Crippen LogP contribution in [-0.2, 0) is 0 Å². The Kier molecular flexibility index (Phi) is 7.29. The molecule has 1 fully saturated rings. The number of fused-ring (bicyclic) bond motifs is 3. The summed E-state index contributed by atoms with van der Waals surface area (Å²) < 4.78 is 20.5. The van der Waals surface area contributed by atoms with Crippen molar-refractivity contribution in [2.45, 2.75) is 6.92 Å². The van der Waals surface area contributed by atoms with E-state index in [0.717, 1.165) is 48.3 Å². The zero-order valence-corrected chi connectivity index (χ0v) is 21.2. The van der Waals surface area contributed by atoms with Crippen molar-refractivity contribution >= 4 is 39.6 Å². The Morgan fingerprint density at radius 2 is 1.92 bits per heavy atom. The molecular formula is C26H24ClFN8O2. The second kappa shape index (κ2) is 11.0. The van der Waals surface area contributed by atoms with Crippen molar-refractivity contribution in [2.24, 2.45) is 5.73 Å². The lowest BCUT2D eigenvalue weighted by atomic mass is 10.0. The van der Waals surface area contributed by atoms with E-state index in [2.05, 4.69) is 30.2 Å². The molecule has 10 nitrogen and oxygen atoms in total. The fraction of sp³-hybridized carbons (Fsp3) is 0.192. The molecule has 4 N–H and O–H groups in total. The number of aryl methyl sites for hydroxylation is 1. The number of nitrogens with zero attached hydrogens (tertiary/aromatic N) is 5. The number of nitrogens with one attached hydrogen (secondary N) is 2. The van der Waals surface area contributed by atoms with Gasteiger partial charge in [-0.05, 0) is 31.2 Å². The molecule has 6 rings (SSSR count). The number of carbonyl (C=O) groups is 1. The first-order valence-electron chi connectivity index (χ1n) is 11.8. The van der Waals surface area contributed by atoms with Gasteiger partial charge in [0.05, 0.1) is 34.1 Å². The van der Waals surface area contributed by atoms with Crippen LogP contribution in [0.4, 0.5) is 9.18 Å². The Balaban J connectivity index is 0.000000278. The quantitative estimate of drug-likeness (QED) is 0.311. The van der Waals surface area contributed by atoms with Crippen molar-refractivity contribution in [3.63, 3.8) is 0 Å². The fourth-order valence-corrected chi connectivity index (χ4v) is 4.33. The van der Waals surface area contributed by atoms with Crippen molar-refractivity contribution in [2.75, 3.05) is 26.2 Å². The Bertz CT molecular complexity index is 1620. The van der Waals surface area contributed by atoms with Crippen molar-refractivity contribution in [1.29, 1.82) is 0 Å². The number of urea groups is 1. The number of benzene rings is 2. The van der Waals surface area contributed by atoms with E-state index in [1.165, 1.54) is 6.07 Å². The van der Waals surface area contributed by atoms with Crippen LogP contribution < -0.4 is 15.8 Å². The van der Waals surface area contributed by atoms with E-state index >= 15 is 0 Å². The predicted molar refractivity (Wildman–Crippen MR) is 143 cm³/mol. The Labute approximate surface area is 222 Å². The van der Waals surface area contributed by atoms with Crippen LogP contribution in [0.2, 0.25) is 5.02 Å². The van der Waals surface area contributed by atoms with Gasteiger partial charge in [0.15, 0.2) is 0 Å². The summed E-state index contributed by atoms with van der Waals surface area (Å²) in [5, 5.41) is 4.20. The molecule has 3 aromatic heterocycles. The molecule has 194 valence electrons. The Hall–Kier alpha value is -4.35. The highest BCUT2D eigenvalue weighted by molar-refractivity contribution is 6.33. The average molecular weight is 535 g/mol. The maximum Gasteiger partial charge on any atom is 0.322 e. The number of nitrogens with two attached hydrogens (primary N) is 1. The molecule has 2 amide bonds. The molecule has 0 unspecified atom stereocenters. The highest BCUT2D eigenvalue weighted by Crippen LogP contribution is 2.36. The lowest BCUT2D eigenvalue weighted by molar-refractivity contribution is 0.200. The molecule has 0 bridgehead atoms. The SMILES string of the molecule is Cc1ccnc(Oc2ccc(-c3cc4c(cc3F)ncc3[nH]cnc34)c(Cl)c2)n1.NC(=O)N1CCNCC1. The van der Waals surface area contributed by atoms with Gasteiger partial charge in [-0.25, -0.2) is 24.1 Å². The third-order valence-corrected chi connectivity index (χ3v) is 6.30. The molecule has 2 aromatic carbocycles. The van der Waals surface area contributed by atoms with Crippen LogP contribution in [0.1, 0.15) is 5.69 Å². The summed E-state index contributed by atoms with van der Waals surface area (Å²) in [4.78, 5) is 32.0. The van der Waals surface area contributed by atoms with Gasteiger partial charge in [0.2, 0.25) is 0 Å². The van der Waals surface area contributed by atoms with E-state index < -0.39 is 5.82 Å². The number of aromatic nitrogens is 5. The number of H-pyrrole nitrogens is 1. The van der Waals surface area contributed by atoms with Gasteiger partial charge in [-0.15, -0.1) is 0 Å². The molecule has 38 heavy (non-hydrogen) atoms. The minimum Gasteiger partial charge on any atom is -0.424 e. The van der Waals surface area contributed by atoms with E-state index in [1.807, 2.05) is 6.92 Å². The molecule has 0 atom stereocenters. The summed E-state index contributed by atoms with van der Waals surface area (Å²) >= 11 is 6.46. The normalized spacial score (nSPS) is 13.3. The van der Waals surface area contributed by atoms with Gasteiger partial charge in [-0.1, -0.05) is 11.6 Å². The van der Waals surface area contributed by atoms with Crippen molar-refractivity contribution in [1.82, 2.24) is 35.1 Å². The smallest absolute Gasteiger partial charge is 0.322 e.